The summed E-state index contributed by atoms with van der Waals surface area (Å²) in [6.45, 7) is 4.99. The molecule has 2 atom stereocenters. The number of hydrogen-bond donors (Lipinski definition) is 3. The molecule has 0 fully saturated rings. The van der Waals surface area contributed by atoms with Gasteiger partial charge in [-0.3, -0.25) is 9.59 Å². The minimum Gasteiger partial charge on any atom is -0.466 e. The van der Waals surface area contributed by atoms with Gasteiger partial charge in [0.15, 0.2) is 0 Å². The number of ether oxygens (including phenoxy) is 1. The van der Waals surface area contributed by atoms with Crippen molar-refractivity contribution >= 4 is 11.9 Å². The van der Waals surface area contributed by atoms with Crippen LogP contribution in [0.2, 0.25) is 0 Å². The smallest absolute Gasteiger partial charge is 0.305 e. The van der Waals surface area contributed by atoms with Crippen LogP contribution in [0.3, 0.4) is 0 Å². The molecule has 0 saturated carbocycles. The molecule has 0 radical (unpaired) electrons. The lowest BCUT2D eigenvalue weighted by atomic mass is 10.0. The third kappa shape index (κ3) is 58.0. The molecule has 1 amide bonds. The van der Waals surface area contributed by atoms with Gasteiger partial charge in [0, 0.05) is 12.8 Å². The third-order valence-electron chi connectivity index (χ3n) is 15.7. The van der Waals surface area contributed by atoms with Crippen molar-refractivity contribution in [1.29, 1.82) is 0 Å². The summed E-state index contributed by atoms with van der Waals surface area (Å²) in [5, 5.41) is 23.4. The molecule has 0 aromatic rings. The minimum atomic E-state index is -0.667. The number of esters is 1. The highest BCUT2D eigenvalue weighted by atomic mass is 16.5. The van der Waals surface area contributed by atoms with Gasteiger partial charge in [-0.25, -0.2) is 0 Å². The number of amides is 1. The van der Waals surface area contributed by atoms with Gasteiger partial charge in [0.2, 0.25) is 5.91 Å². The van der Waals surface area contributed by atoms with Gasteiger partial charge < -0.3 is 20.3 Å². The van der Waals surface area contributed by atoms with E-state index in [1.165, 1.54) is 308 Å². The molecule has 2 unspecified atom stereocenters. The molecule has 0 aliphatic heterocycles. The van der Waals surface area contributed by atoms with Crippen LogP contribution in [0.4, 0.5) is 0 Å². The van der Waals surface area contributed by atoms with Gasteiger partial charge in [-0.2, -0.15) is 0 Å². The molecular weight excluding hydrogens is 875 g/mol. The lowest BCUT2D eigenvalue weighted by Gasteiger charge is -2.22. The quantitative estimate of drug-likeness (QED) is 0.0417. The number of nitrogens with one attached hydrogen (secondary N) is 1. The molecule has 6 heteroatoms. The van der Waals surface area contributed by atoms with Gasteiger partial charge in [0.05, 0.1) is 25.4 Å². The fourth-order valence-electron chi connectivity index (χ4n) is 10.6. The highest BCUT2D eigenvalue weighted by molar-refractivity contribution is 5.76. The van der Waals surface area contributed by atoms with Crippen LogP contribution in [0.25, 0.3) is 0 Å². The standard InChI is InChI=1S/C65H129NO5/c1-3-5-7-9-11-13-15-17-19-21-23-25-29-33-37-41-45-49-53-57-63(68)62(61-67)66-64(69)58-54-50-46-42-38-34-30-26-24-28-32-36-40-44-48-52-56-60-71-65(70)59-55-51-47-43-39-35-31-27-22-20-18-16-14-12-10-8-6-4-2/h62-63,67-68H,3-61H2,1-2H3,(H,66,69). The molecule has 424 valence electrons. The molecule has 0 heterocycles. The van der Waals surface area contributed by atoms with Gasteiger partial charge in [0.1, 0.15) is 0 Å². The summed E-state index contributed by atoms with van der Waals surface area (Å²) in [7, 11) is 0. The maximum Gasteiger partial charge on any atom is 0.305 e. The first-order valence-electron chi connectivity index (χ1n) is 32.8. The predicted octanol–water partition coefficient (Wildman–Crippen LogP) is 20.6. The van der Waals surface area contributed by atoms with Crippen molar-refractivity contribution in [3.05, 3.63) is 0 Å². The molecule has 0 rings (SSSR count). The number of aliphatic hydroxyl groups excluding tert-OH is 2. The fraction of sp³-hybridized carbons (Fsp3) is 0.969. The maximum absolute atomic E-state index is 12.5. The van der Waals surface area contributed by atoms with Crippen molar-refractivity contribution in [3.8, 4) is 0 Å². The molecule has 0 aromatic heterocycles. The lowest BCUT2D eigenvalue weighted by molar-refractivity contribution is -0.143. The summed E-state index contributed by atoms with van der Waals surface area (Å²) < 4.78 is 5.50. The van der Waals surface area contributed by atoms with Crippen molar-refractivity contribution < 1.29 is 24.5 Å². The van der Waals surface area contributed by atoms with Gasteiger partial charge >= 0.3 is 5.97 Å². The Balaban J connectivity index is 3.38. The second kappa shape index (κ2) is 61.4. The zero-order valence-electron chi connectivity index (χ0n) is 48.5. The van der Waals surface area contributed by atoms with Crippen molar-refractivity contribution in [1.82, 2.24) is 5.32 Å². The summed E-state index contributed by atoms with van der Waals surface area (Å²) in [4.78, 5) is 24.6. The Morgan fingerprint density at radius 3 is 0.859 bits per heavy atom. The topological polar surface area (TPSA) is 95.9 Å². The van der Waals surface area contributed by atoms with E-state index in [1.54, 1.807) is 0 Å². The molecule has 6 nitrogen and oxygen atoms in total. The predicted molar refractivity (Wildman–Crippen MR) is 310 cm³/mol. The fourth-order valence-corrected chi connectivity index (χ4v) is 10.6. The van der Waals surface area contributed by atoms with Crippen molar-refractivity contribution in [2.75, 3.05) is 13.2 Å². The van der Waals surface area contributed by atoms with Gasteiger partial charge in [-0.05, 0) is 25.7 Å². The van der Waals surface area contributed by atoms with E-state index in [-0.39, 0.29) is 18.5 Å². The first-order valence-corrected chi connectivity index (χ1v) is 32.8. The Bertz CT molecular complexity index is 1020. The monoisotopic (exact) mass is 1000 g/mol. The van der Waals surface area contributed by atoms with Crippen molar-refractivity contribution in [3.63, 3.8) is 0 Å². The molecule has 3 N–H and O–H groups in total. The number of rotatable bonds is 62. The normalized spacial score (nSPS) is 12.5. The van der Waals surface area contributed by atoms with E-state index in [2.05, 4.69) is 19.2 Å². The molecule has 0 spiro atoms. The number of hydrogen-bond acceptors (Lipinski definition) is 5. The third-order valence-corrected chi connectivity index (χ3v) is 15.7. The highest BCUT2D eigenvalue weighted by Gasteiger charge is 2.20. The summed E-state index contributed by atoms with van der Waals surface area (Å²) in [6.07, 6.45) is 72.6. The van der Waals surface area contributed by atoms with Crippen LogP contribution in [-0.2, 0) is 14.3 Å². The number of carbonyl (C=O) groups excluding carboxylic acids is 2. The first kappa shape index (κ1) is 69.9. The van der Waals surface area contributed by atoms with E-state index in [1.807, 2.05) is 0 Å². The molecule has 0 aliphatic carbocycles. The minimum absolute atomic E-state index is 0.0113. The van der Waals surface area contributed by atoms with Crippen molar-refractivity contribution in [2.45, 2.75) is 392 Å². The summed E-state index contributed by atoms with van der Waals surface area (Å²) >= 11 is 0. The second-order valence-electron chi connectivity index (χ2n) is 22.8. The van der Waals surface area contributed by atoms with Crippen LogP contribution in [0.5, 0.6) is 0 Å². The summed E-state index contributed by atoms with van der Waals surface area (Å²) in [6, 6.07) is -0.545. The Morgan fingerprint density at radius 1 is 0.338 bits per heavy atom. The Labute approximate surface area is 445 Å². The Morgan fingerprint density at radius 2 is 0.577 bits per heavy atom. The van der Waals surface area contributed by atoms with E-state index in [0.29, 0.717) is 25.9 Å². The average Bonchev–Trinajstić information content (AvgIpc) is 3.37. The molecular formula is C65H129NO5. The zero-order valence-corrected chi connectivity index (χ0v) is 48.5. The average molecular weight is 1000 g/mol. The SMILES string of the molecule is CCCCCCCCCCCCCCCCCCCCCC(O)C(CO)NC(=O)CCCCCCCCCCCCCCCCCCCOC(=O)CCCCCCCCCCCCCCCCCCCC. The maximum atomic E-state index is 12.5. The van der Waals surface area contributed by atoms with Crippen LogP contribution in [0.15, 0.2) is 0 Å². The Kier molecular flexibility index (Phi) is 60.4. The van der Waals surface area contributed by atoms with Crippen LogP contribution >= 0.6 is 0 Å². The molecule has 71 heavy (non-hydrogen) atoms. The molecule has 0 aromatic carbocycles. The van der Waals surface area contributed by atoms with Crippen LogP contribution in [0, 0.1) is 0 Å². The zero-order chi connectivity index (χ0) is 51.4. The molecule has 0 aliphatic rings. The second-order valence-corrected chi connectivity index (χ2v) is 22.8. The number of aliphatic hydroxyl groups is 2. The molecule has 0 bridgehead atoms. The van der Waals surface area contributed by atoms with Crippen LogP contribution < -0.4 is 5.32 Å². The van der Waals surface area contributed by atoms with Crippen LogP contribution in [0.1, 0.15) is 380 Å². The first-order chi connectivity index (χ1) is 35.0. The highest BCUT2D eigenvalue weighted by Crippen LogP contribution is 2.19. The summed E-state index contributed by atoms with van der Waals surface area (Å²) in [5.74, 6) is -0.0242. The van der Waals surface area contributed by atoms with E-state index in [0.717, 1.165) is 38.5 Å². The van der Waals surface area contributed by atoms with E-state index < -0.39 is 12.1 Å². The van der Waals surface area contributed by atoms with Crippen LogP contribution in [-0.4, -0.2) is 47.4 Å². The summed E-state index contributed by atoms with van der Waals surface area (Å²) in [5.41, 5.74) is 0. The van der Waals surface area contributed by atoms with E-state index in [9.17, 15) is 19.8 Å². The Hall–Kier alpha value is -1.14. The van der Waals surface area contributed by atoms with E-state index >= 15 is 0 Å². The number of unbranched alkanes of at least 4 members (excludes halogenated alkanes) is 51. The van der Waals surface area contributed by atoms with Gasteiger partial charge in [-0.15, -0.1) is 0 Å². The number of carbonyl (C=O) groups is 2. The lowest BCUT2D eigenvalue weighted by Crippen LogP contribution is -2.45. The largest absolute Gasteiger partial charge is 0.466 e. The molecule has 0 saturated heterocycles. The van der Waals surface area contributed by atoms with Gasteiger partial charge in [-0.1, -0.05) is 341 Å². The van der Waals surface area contributed by atoms with Gasteiger partial charge in [0.25, 0.3) is 0 Å². The van der Waals surface area contributed by atoms with Crippen molar-refractivity contribution in [2.24, 2.45) is 0 Å². The van der Waals surface area contributed by atoms with E-state index in [4.69, 9.17) is 4.74 Å².